The summed E-state index contributed by atoms with van der Waals surface area (Å²) in [6, 6.07) is 11.2. The molecule has 3 N–H and O–H groups in total. The van der Waals surface area contributed by atoms with Crippen molar-refractivity contribution >= 4 is 23.2 Å². The zero-order valence-corrected chi connectivity index (χ0v) is 16.2. The first kappa shape index (κ1) is 21.9. The second kappa shape index (κ2) is 10.2. The summed E-state index contributed by atoms with van der Waals surface area (Å²) in [6.07, 6.45) is 4.54. The molecule has 0 aliphatic carbocycles. The van der Waals surface area contributed by atoms with Gasteiger partial charge in [0.05, 0.1) is 6.04 Å². The van der Waals surface area contributed by atoms with Crippen LogP contribution in [-0.2, 0) is 29.1 Å². The molecule has 0 radical (unpaired) electrons. The van der Waals surface area contributed by atoms with Crippen LogP contribution >= 0.6 is 11.3 Å². The number of carbonyl (C=O) groups is 2. The first-order valence-corrected chi connectivity index (χ1v) is 10.1. The molecule has 1 aromatic heterocycles. The number of fused-ring (bicyclic) bond motifs is 1. The second-order valence-corrected chi connectivity index (χ2v) is 7.77. The Morgan fingerprint density at radius 3 is 2.46 bits per heavy atom. The highest BCUT2D eigenvalue weighted by atomic mass is 32.1. The summed E-state index contributed by atoms with van der Waals surface area (Å²) >= 11 is 1.59. The zero-order chi connectivity index (χ0) is 19.2. The third kappa shape index (κ3) is 5.53. The van der Waals surface area contributed by atoms with Gasteiger partial charge in [0.15, 0.2) is 0 Å². The first-order chi connectivity index (χ1) is 13.1. The molecule has 5 nitrogen and oxygen atoms in total. The lowest BCUT2D eigenvalue weighted by Gasteiger charge is -2.17. The van der Waals surface area contributed by atoms with Crippen LogP contribution < -0.4 is 11.1 Å². The lowest BCUT2D eigenvalue weighted by atomic mass is 10.1. The molecule has 2 atom stereocenters. The van der Waals surface area contributed by atoms with E-state index in [1.807, 2.05) is 36.6 Å². The molecule has 0 fully saturated rings. The zero-order valence-electron chi connectivity index (χ0n) is 15.4. The maximum Gasteiger partial charge on any atom is 0.246 e. The van der Waals surface area contributed by atoms with Gasteiger partial charge in [-0.2, -0.15) is 0 Å². The van der Waals surface area contributed by atoms with Crippen molar-refractivity contribution in [1.82, 2.24) is 10.2 Å². The SMILES string of the molecule is C.CC[C@@H](/C=C/C(=O)N1Cc2ccccc2C1)NC(=O)[C@@H](N)Cc1cccs1. The van der Waals surface area contributed by atoms with E-state index in [9.17, 15) is 9.59 Å². The number of nitrogens with one attached hydrogen (secondary N) is 1. The summed E-state index contributed by atoms with van der Waals surface area (Å²) in [5.41, 5.74) is 8.40. The minimum atomic E-state index is -0.588. The number of rotatable bonds is 7. The van der Waals surface area contributed by atoms with Crippen molar-refractivity contribution < 1.29 is 9.59 Å². The van der Waals surface area contributed by atoms with Crippen molar-refractivity contribution in [3.05, 3.63) is 69.9 Å². The van der Waals surface area contributed by atoms with E-state index in [1.165, 1.54) is 11.1 Å². The summed E-state index contributed by atoms with van der Waals surface area (Å²) in [4.78, 5) is 27.7. The molecule has 1 aliphatic rings. The van der Waals surface area contributed by atoms with E-state index in [0.717, 1.165) is 4.88 Å². The fraction of sp³-hybridized carbons (Fsp3) is 0.364. The monoisotopic (exact) mass is 399 g/mol. The van der Waals surface area contributed by atoms with Crippen molar-refractivity contribution in [2.75, 3.05) is 0 Å². The van der Waals surface area contributed by atoms with Crippen LogP contribution in [0.1, 0.15) is 36.8 Å². The summed E-state index contributed by atoms with van der Waals surface area (Å²) < 4.78 is 0. The van der Waals surface area contributed by atoms with E-state index in [4.69, 9.17) is 5.73 Å². The number of carbonyl (C=O) groups excluding carboxylic acids is 2. The summed E-state index contributed by atoms with van der Waals surface area (Å²) in [5, 5.41) is 4.90. The summed E-state index contributed by atoms with van der Waals surface area (Å²) in [6.45, 7) is 3.23. The topological polar surface area (TPSA) is 75.4 Å². The first-order valence-electron chi connectivity index (χ1n) is 9.19. The molecule has 1 aromatic carbocycles. The van der Waals surface area contributed by atoms with E-state index >= 15 is 0 Å². The van der Waals surface area contributed by atoms with Gasteiger partial charge in [0.2, 0.25) is 11.8 Å². The number of nitrogens with two attached hydrogens (primary N) is 1. The van der Waals surface area contributed by atoms with Crippen LogP contribution in [0.4, 0.5) is 0 Å². The second-order valence-electron chi connectivity index (χ2n) is 6.74. The van der Waals surface area contributed by atoms with Crippen LogP contribution in [0.25, 0.3) is 0 Å². The predicted molar refractivity (Wildman–Crippen MR) is 115 cm³/mol. The Bertz CT molecular complexity index is 792. The van der Waals surface area contributed by atoms with Crippen molar-refractivity contribution in [1.29, 1.82) is 0 Å². The van der Waals surface area contributed by atoms with Crippen molar-refractivity contribution in [2.24, 2.45) is 5.73 Å². The molecule has 150 valence electrons. The smallest absolute Gasteiger partial charge is 0.246 e. The van der Waals surface area contributed by atoms with Gasteiger partial charge in [-0.25, -0.2) is 0 Å². The third-order valence-corrected chi connectivity index (χ3v) is 5.63. The van der Waals surface area contributed by atoms with Gasteiger partial charge in [-0.05, 0) is 29.0 Å². The molecule has 0 saturated carbocycles. The van der Waals surface area contributed by atoms with E-state index in [2.05, 4.69) is 17.4 Å². The van der Waals surface area contributed by atoms with Crippen LogP contribution in [-0.4, -0.2) is 28.8 Å². The largest absolute Gasteiger partial charge is 0.349 e. The average molecular weight is 400 g/mol. The van der Waals surface area contributed by atoms with Crippen LogP contribution in [0.5, 0.6) is 0 Å². The molecule has 0 saturated heterocycles. The molecular formula is C22H29N3O2S. The number of hydrogen-bond donors (Lipinski definition) is 2. The van der Waals surface area contributed by atoms with Crippen molar-refractivity contribution in [2.45, 2.75) is 52.4 Å². The van der Waals surface area contributed by atoms with Gasteiger partial charge in [-0.15, -0.1) is 11.3 Å². The summed E-state index contributed by atoms with van der Waals surface area (Å²) in [7, 11) is 0. The lowest BCUT2D eigenvalue weighted by molar-refractivity contribution is -0.126. The Morgan fingerprint density at radius 2 is 1.89 bits per heavy atom. The maximum atomic E-state index is 12.5. The number of benzene rings is 1. The minimum absolute atomic E-state index is 0. The number of hydrogen-bond acceptors (Lipinski definition) is 4. The Balaban J connectivity index is 0.00000280. The third-order valence-electron chi connectivity index (χ3n) is 4.73. The highest BCUT2D eigenvalue weighted by Gasteiger charge is 2.22. The van der Waals surface area contributed by atoms with Crippen LogP contribution in [0.15, 0.2) is 53.9 Å². The number of nitrogens with zero attached hydrogens (tertiary/aromatic N) is 1. The van der Waals surface area contributed by atoms with Crippen molar-refractivity contribution in [3.63, 3.8) is 0 Å². The molecule has 2 amide bonds. The Hall–Kier alpha value is -2.44. The molecule has 2 heterocycles. The quantitative estimate of drug-likeness (QED) is 0.702. The van der Waals surface area contributed by atoms with Crippen LogP contribution in [0, 0.1) is 0 Å². The Morgan fingerprint density at radius 1 is 1.21 bits per heavy atom. The van der Waals surface area contributed by atoms with E-state index in [-0.39, 0.29) is 25.3 Å². The highest BCUT2D eigenvalue weighted by Crippen LogP contribution is 2.22. The molecule has 0 bridgehead atoms. The standard InChI is InChI=1S/C21H25N3O2S.CH4/c1-2-17(23-21(26)19(22)12-18-8-5-11-27-18)9-10-20(25)24-13-15-6-3-4-7-16(15)14-24;/h3-11,17,19H,2,12-14,22H2,1H3,(H,23,26);1H4/b10-9+;/t17-,19-;/m0./s1. The fourth-order valence-corrected chi connectivity index (χ4v) is 3.87. The summed E-state index contributed by atoms with van der Waals surface area (Å²) in [5.74, 6) is -0.234. The van der Waals surface area contributed by atoms with Gasteiger partial charge in [-0.3, -0.25) is 9.59 Å². The fourth-order valence-electron chi connectivity index (χ4n) is 3.11. The molecule has 0 unspecified atom stereocenters. The van der Waals surface area contributed by atoms with Gasteiger partial charge < -0.3 is 16.0 Å². The van der Waals surface area contributed by atoms with Crippen LogP contribution in [0.3, 0.4) is 0 Å². The van der Waals surface area contributed by atoms with E-state index in [1.54, 1.807) is 28.4 Å². The van der Waals surface area contributed by atoms with Gasteiger partial charge in [0.1, 0.15) is 0 Å². The maximum absolute atomic E-state index is 12.5. The normalized spacial score (nSPS) is 15.0. The number of amides is 2. The van der Waals surface area contributed by atoms with Gasteiger partial charge in [0, 0.05) is 36.5 Å². The molecule has 3 rings (SSSR count). The molecule has 28 heavy (non-hydrogen) atoms. The van der Waals surface area contributed by atoms with Crippen molar-refractivity contribution in [3.8, 4) is 0 Å². The number of thiophene rings is 1. The predicted octanol–water partition coefficient (Wildman–Crippen LogP) is 3.25. The Labute approximate surface area is 171 Å². The lowest BCUT2D eigenvalue weighted by Crippen LogP contribution is -2.45. The van der Waals surface area contributed by atoms with E-state index in [0.29, 0.717) is 25.9 Å². The highest BCUT2D eigenvalue weighted by molar-refractivity contribution is 7.09. The molecule has 2 aromatic rings. The van der Waals surface area contributed by atoms with Gasteiger partial charge in [0.25, 0.3) is 0 Å². The Kier molecular flexibility index (Phi) is 7.96. The molecule has 0 spiro atoms. The van der Waals surface area contributed by atoms with Crippen LogP contribution in [0.2, 0.25) is 0 Å². The molecule has 1 aliphatic heterocycles. The average Bonchev–Trinajstić information content (AvgIpc) is 3.33. The molecular weight excluding hydrogens is 370 g/mol. The minimum Gasteiger partial charge on any atom is -0.349 e. The van der Waals surface area contributed by atoms with Gasteiger partial charge in [-0.1, -0.05) is 50.8 Å². The molecule has 6 heteroatoms. The van der Waals surface area contributed by atoms with Gasteiger partial charge >= 0.3 is 0 Å². The van der Waals surface area contributed by atoms with E-state index < -0.39 is 6.04 Å².